The lowest BCUT2D eigenvalue weighted by molar-refractivity contribution is 0.322. The van der Waals surface area contributed by atoms with Gasteiger partial charge in [0.05, 0.1) is 12.3 Å². The van der Waals surface area contributed by atoms with Crippen molar-refractivity contribution >= 4 is 11.8 Å². The molecule has 1 aromatic heterocycles. The highest BCUT2D eigenvalue weighted by atomic mass is 32.2. The largest absolute Gasteiger partial charge is 0.396 e. The number of hydrogen-bond acceptors (Lipinski definition) is 3. The van der Waals surface area contributed by atoms with E-state index in [0.717, 1.165) is 10.8 Å². The van der Waals surface area contributed by atoms with Gasteiger partial charge < -0.3 is 5.11 Å². The average molecular weight is 248 g/mol. The molecule has 0 aliphatic heterocycles. The van der Waals surface area contributed by atoms with E-state index in [0.29, 0.717) is 5.75 Å². The molecule has 4 heteroatoms. The zero-order valence-corrected chi connectivity index (χ0v) is 10.9. The number of rotatable bonds is 4. The van der Waals surface area contributed by atoms with Crippen LogP contribution in [-0.4, -0.2) is 27.0 Å². The number of thioether (sulfide) groups is 1. The Balaban J connectivity index is 2.39. The van der Waals surface area contributed by atoms with Crippen LogP contribution in [-0.2, 0) is 0 Å². The Hall–Kier alpha value is -1.26. The van der Waals surface area contributed by atoms with Crippen LogP contribution in [0, 0.1) is 13.8 Å². The summed E-state index contributed by atoms with van der Waals surface area (Å²) in [4.78, 5) is 4.32. The summed E-state index contributed by atoms with van der Waals surface area (Å²) in [6.07, 6.45) is 3.75. The quantitative estimate of drug-likeness (QED) is 0.845. The Morgan fingerprint density at radius 3 is 2.94 bits per heavy atom. The molecule has 1 heterocycles. The summed E-state index contributed by atoms with van der Waals surface area (Å²) in [7, 11) is 0. The van der Waals surface area contributed by atoms with Gasteiger partial charge in [0, 0.05) is 18.1 Å². The van der Waals surface area contributed by atoms with Gasteiger partial charge in [-0.05, 0) is 31.0 Å². The third kappa shape index (κ3) is 2.53. The van der Waals surface area contributed by atoms with Gasteiger partial charge in [0.25, 0.3) is 0 Å². The standard InChI is InChI=1S/C13H16N2OS/c1-10-4-3-5-12(11(10)2)15-7-6-14-13(15)17-9-8-16/h3-7,16H,8-9H2,1-2H3. The van der Waals surface area contributed by atoms with E-state index in [-0.39, 0.29) is 6.61 Å². The summed E-state index contributed by atoms with van der Waals surface area (Å²) < 4.78 is 2.07. The van der Waals surface area contributed by atoms with Crippen molar-refractivity contribution in [2.75, 3.05) is 12.4 Å². The fourth-order valence-corrected chi connectivity index (χ4v) is 2.42. The molecule has 17 heavy (non-hydrogen) atoms. The van der Waals surface area contributed by atoms with Gasteiger partial charge in [-0.1, -0.05) is 23.9 Å². The van der Waals surface area contributed by atoms with Gasteiger partial charge in [-0.2, -0.15) is 0 Å². The highest BCUT2D eigenvalue weighted by Gasteiger charge is 2.08. The number of aliphatic hydroxyl groups excluding tert-OH is 1. The molecule has 0 bridgehead atoms. The van der Waals surface area contributed by atoms with Crippen LogP contribution in [0.25, 0.3) is 5.69 Å². The lowest BCUT2D eigenvalue weighted by Crippen LogP contribution is -2.00. The van der Waals surface area contributed by atoms with Gasteiger partial charge >= 0.3 is 0 Å². The summed E-state index contributed by atoms with van der Waals surface area (Å²) in [6, 6.07) is 6.25. The van der Waals surface area contributed by atoms with Crippen molar-refractivity contribution in [3.63, 3.8) is 0 Å². The second kappa shape index (κ2) is 5.38. The van der Waals surface area contributed by atoms with Crippen molar-refractivity contribution in [3.05, 3.63) is 41.7 Å². The number of imidazole rings is 1. The van der Waals surface area contributed by atoms with Crippen LogP contribution >= 0.6 is 11.8 Å². The predicted molar refractivity (Wildman–Crippen MR) is 70.8 cm³/mol. The zero-order valence-electron chi connectivity index (χ0n) is 10.1. The van der Waals surface area contributed by atoms with Gasteiger partial charge in [0.15, 0.2) is 5.16 Å². The molecule has 2 rings (SSSR count). The second-order valence-corrected chi connectivity index (χ2v) is 4.93. The first-order valence-corrected chi connectivity index (χ1v) is 6.56. The van der Waals surface area contributed by atoms with E-state index >= 15 is 0 Å². The summed E-state index contributed by atoms with van der Waals surface area (Å²) in [5, 5.41) is 9.79. The van der Waals surface area contributed by atoms with Gasteiger partial charge in [0.1, 0.15) is 0 Å². The molecule has 0 saturated heterocycles. The lowest BCUT2D eigenvalue weighted by atomic mass is 10.1. The topological polar surface area (TPSA) is 38.0 Å². The van der Waals surface area contributed by atoms with Gasteiger partial charge in [-0.15, -0.1) is 0 Å². The maximum atomic E-state index is 8.87. The molecule has 3 nitrogen and oxygen atoms in total. The number of nitrogens with zero attached hydrogens (tertiary/aromatic N) is 2. The molecule has 0 aliphatic rings. The van der Waals surface area contributed by atoms with Crippen LogP contribution in [0.2, 0.25) is 0 Å². The minimum absolute atomic E-state index is 0.171. The molecule has 0 aliphatic carbocycles. The molecule has 0 unspecified atom stereocenters. The fourth-order valence-electron chi connectivity index (χ4n) is 1.71. The molecule has 2 aromatic rings. The van der Waals surface area contributed by atoms with E-state index < -0.39 is 0 Å². The Morgan fingerprint density at radius 2 is 2.18 bits per heavy atom. The summed E-state index contributed by atoms with van der Waals surface area (Å²) in [6.45, 7) is 4.39. The third-order valence-electron chi connectivity index (χ3n) is 2.76. The summed E-state index contributed by atoms with van der Waals surface area (Å²) in [5.41, 5.74) is 3.69. The Morgan fingerprint density at radius 1 is 1.35 bits per heavy atom. The van der Waals surface area contributed by atoms with Crippen LogP contribution in [0.5, 0.6) is 0 Å². The molecule has 1 N–H and O–H groups in total. The van der Waals surface area contributed by atoms with Crippen molar-refractivity contribution in [1.82, 2.24) is 9.55 Å². The smallest absolute Gasteiger partial charge is 0.172 e. The van der Waals surface area contributed by atoms with Crippen molar-refractivity contribution < 1.29 is 5.11 Å². The number of hydrogen-bond donors (Lipinski definition) is 1. The molecule has 0 radical (unpaired) electrons. The molecule has 0 spiro atoms. The lowest BCUT2D eigenvalue weighted by Gasteiger charge is -2.11. The number of aromatic nitrogens is 2. The maximum absolute atomic E-state index is 8.87. The molecule has 0 fully saturated rings. The van der Waals surface area contributed by atoms with E-state index in [4.69, 9.17) is 5.11 Å². The average Bonchev–Trinajstić information content (AvgIpc) is 2.78. The Kier molecular flexibility index (Phi) is 3.86. The summed E-state index contributed by atoms with van der Waals surface area (Å²) in [5.74, 6) is 0.669. The molecular formula is C13H16N2OS. The molecule has 1 aromatic carbocycles. The molecule has 0 amide bonds. The normalized spacial score (nSPS) is 10.8. The SMILES string of the molecule is Cc1cccc(-n2ccnc2SCCO)c1C. The first-order chi connectivity index (χ1) is 8.24. The van der Waals surface area contributed by atoms with Crippen LogP contribution in [0.1, 0.15) is 11.1 Å². The monoisotopic (exact) mass is 248 g/mol. The van der Waals surface area contributed by atoms with Gasteiger partial charge in [-0.25, -0.2) is 4.98 Å². The molecule has 0 atom stereocenters. The molecule has 90 valence electrons. The van der Waals surface area contributed by atoms with Crippen molar-refractivity contribution in [1.29, 1.82) is 0 Å². The predicted octanol–water partition coefficient (Wildman–Crippen LogP) is 2.57. The Bertz CT molecular complexity index is 508. The van der Waals surface area contributed by atoms with E-state index in [2.05, 4.69) is 41.6 Å². The highest BCUT2D eigenvalue weighted by molar-refractivity contribution is 7.99. The van der Waals surface area contributed by atoms with Crippen molar-refractivity contribution in [2.45, 2.75) is 19.0 Å². The zero-order chi connectivity index (χ0) is 12.3. The van der Waals surface area contributed by atoms with Gasteiger partial charge in [0.2, 0.25) is 0 Å². The minimum Gasteiger partial charge on any atom is -0.396 e. The molecular weight excluding hydrogens is 232 g/mol. The number of benzene rings is 1. The van der Waals surface area contributed by atoms with Gasteiger partial charge in [-0.3, -0.25) is 4.57 Å². The van der Waals surface area contributed by atoms with Crippen LogP contribution in [0.3, 0.4) is 0 Å². The Labute approximate surface area is 106 Å². The minimum atomic E-state index is 0.171. The second-order valence-electron chi connectivity index (χ2n) is 3.87. The number of aliphatic hydroxyl groups is 1. The van der Waals surface area contributed by atoms with Crippen LogP contribution < -0.4 is 0 Å². The molecule has 0 saturated carbocycles. The highest BCUT2D eigenvalue weighted by Crippen LogP contribution is 2.23. The number of aryl methyl sites for hydroxylation is 1. The van der Waals surface area contributed by atoms with Crippen LogP contribution in [0.15, 0.2) is 35.7 Å². The van der Waals surface area contributed by atoms with E-state index in [9.17, 15) is 0 Å². The first-order valence-electron chi connectivity index (χ1n) is 5.57. The van der Waals surface area contributed by atoms with E-state index in [1.165, 1.54) is 11.1 Å². The van der Waals surface area contributed by atoms with Crippen molar-refractivity contribution in [3.8, 4) is 5.69 Å². The third-order valence-corrected chi connectivity index (χ3v) is 3.71. The van der Waals surface area contributed by atoms with E-state index in [1.807, 2.05) is 6.20 Å². The fraction of sp³-hybridized carbons (Fsp3) is 0.308. The van der Waals surface area contributed by atoms with Crippen molar-refractivity contribution in [2.24, 2.45) is 0 Å². The first kappa shape index (κ1) is 12.2. The van der Waals surface area contributed by atoms with E-state index in [1.54, 1.807) is 18.0 Å². The van der Waals surface area contributed by atoms with Crippen LogP contribution in [0.4, 0.5) is 0 Å². The summed E-state index contributed by atoms with van der Waals surface area (Å²) >= 11 is 1.56. The maximum Gasteiger partial charge on any atom is 0.172 e.